The first-order valence-electron chi connectivity index (χ1n) is 11.8. The highest BCUT2D eigenvalue weighted by Gasteiger charge is 2.30. The molecule has 1 N–H and O–H groups in total. The van der Waals surface area contributed by atoms with Crippen LogP contribution in [0.5, 0.6) is 11.5 Å². The lowest BCUT2D eigenvalue weighted by Gasteiger charge is -2.32. The van der Waals surface area contributed by atoms with Gasteiger partial charge in [-0.25, -0.2) is 8.42 Å². The molecule has 2 aromatic rings. The molecule has 36 heavy (non-hydrogen) atoms. The molecule has 198 valence electrons. The van der Waals surface area contributed by atoms with E-state index in [9.17, 15) is 18.0 Å². The van der Waals surface area contributed by atoms with Crippen LogP contribution in [0.4, 0.5) is 5.69 Å². The van der Waals surface area contributed by atoms with Crippen LogP contribution in [0.2, 0.25) is 0 Å². The lowest BCUT2D eigenvalue weighted by atomic mass is 10.1. The lowest BCUT2D eigenvalue weighted by Crippen LogP contribution is -2.51. The molecule has 0 aliphatic rings. The quantitative estimate of drug-likeness (QED) is 0.408. The predicted octanol–water partition coefficient (Wildman–Crippen LogP) is 3.11. The highest BCUT2D eigenvalue weighted by atomic mass is 32.2. The summed E-state index contributed by atoms with van der Waals surface area (Å²) in [5, 5.41) is 2.87. The average molecular weight is 520 g/mol. The van der Waals surface area contributed by atoms with E-state index in [1.807, 2.05) is 38.1 Å². The number of aryl methyl sites for hydroxylation is 1. The number of hydrogen-bond acceptors (Lipinski definition) is 6. The SMILES string of the molecule is CCCCNC(=O)[C@H](C)N(Cc1ccccc1C)C(=O)CN(c1ccc(OC)c(OC)c1)S(C)(=O)=O. The maximum absolute atomic E-state index is 13.6. The van der Waals surface area contributed by atoms with Gasteiger partial charge in [0.25, 0.3) is 0 Å². The van der Waals surface area contributed by atoms with Crippen LogP contribution in [0.25, 0.3) is 0 Å². The Kier molecular flexibility index (Phi) is 10.6. The Balaban J connectivity index is 2.41. The number of carbonyl (C=O) groups excluding carboxylic acids is 2. The number of rotatable bonds is 13. The summed E-state index contributed by atoms with van der Waals surface area (Å²) >= 11 is 0. The van der Waals surface area contributed by atoms with Crippen molar-refractivity contribution in [2.24, 2.45) is 0 Å². The highest BCUT2D eigenvalue weighted by Crippen LogP contribution is 2.32. The predicted molar refractivity (Wildman–Crippen MR) is 141 cm³/mol. The van der Waals surface area contributed by atoms with Crippen molar-refractivity contribution < 1.29 is 27.5 Å². The van der Waals surface area contributed by atoms with Crippen LogP contribution < -0.4 is 19.1 Å². The molecule has 0 heterocycles. The van der Waals surface area contributed by atoms with E-state index >= 15 is 0 Å². The second-order valence-electron chi connectivity index (χ2n) is 8.58. The molecule has 0 spiro atoms. The van der Waals surface area contributed by atoms with E-state index < -0.39 is 28.5 Å². The van der Waals surface area contributed by atoms with Gasteiger partial charge < -0.3 is 19.7 Å². The van der Waals surface area contributed by atoms with Gasteiger partial charge in [0.15, 0.2) is 11.5 Å². The molecule has 0 saturated carbocycles. The minimum absolute atomic E-state index is 0.164. The van der Waals surface area contributed by atoms with E-state index in [4.69, 9.17) is 9.47 Å². The Morgan fingerprint density at radius 3 is 2.31 bits per heavy atom. The third-order valence-corrected chi connectivity index (χ3v) is 7.07. The van der Waals surface area contributed by atoms with Crippen molar-refractivity contribution in [3.05, 3.63) is 53.6 Å². The first-order valence-corrected chi connectivity index (χ1v) is 13.7. The molecule has 1 atom stereocenters. The van der Waals surface area contributed by atoms with Crippen LogP contribution in [-0.2, 0) is 26.2 Å². The molecule has 0 unspecified atom stereocenters. The zero-order valence-corrected chi connectivity index (χ0v) is 22.7. The van der Waals surface area contributed by atoms with Gasteiger partial charge in [0.1, 0.15) is 12.6 Å². The van der Waals surface area contributed by atoms with Gasteiger partial charge in [-0.05, 0) is 43.5 Å². The van der Waals surface area contributed by atoms with Crippen molar-refractivity contribution in [3.8, 4) is 11.5 Å². The highest BCUT2D eigenvalue weighted by molar-refractivity contribution is 7.92. The summed E-state index contributed by atoms with van der Waals surface area (Å²) in [5.41, 5.74) is 2.09. The fourth-order valence-corrected chi connectivity index (χ4v) is 4.52. The third kappa shape index (κ3) is 7.61. The monoisotopic (exact) mass is 519 g/mol. The number of ether oxygens (including phenoxy) is 2. The third-order valence-electron chi connectivity index (χ3n) is 5.93. The van der Waals surface area contributed by atoms with E-state index in [2.05, 4.69) is 5.32 Å². The standard InChI is InChI=1S/C26H37N3O6S/c1-7-8-15-27-26(31)20(3)28(17-21-12-10-9-11-19(21)2)25(30)18-29(36(6,32)33)22-13-14-23(34-4)24(16-22)35-5/h9-14,16,20H,7-8,15,17-18H2,1-6H3,(H,27,31)/t20-/m0/s1. The summed E-state index contributed by atoms with van der Waals surface area (Å²) in [6, 6.07) is 11.4. The maximum Gasteiger partial charge on any atom is 0.244 e. The topological polar surface area (TPSA) is 105 Å². The Bertz CT molecular complexity index is 1150. The van der Waals surface area contributed by atoms with E-state index in [0.29, 0.717) is 18.0 Å². The van der Waals surface area contributed by atoms with Gasteiger partial charge in [-0.1, -0.05) is 37.6 Å². The summed E-state index contributed by atoms with van der Waals surface area (Å²) in [6.07, 6.45) is 2.78. The number of carbonyl (C=O) groups is 2. The minimum atomic E-state index is -3.85. The molecule has 9 nitrogen and oxygen atoms in total. The van der Waals surface area contributed by atoms with Crippen LogP contribution in [0.15, 0.2) is 42.5 Å². The van der Waals surface area contributed by atoms with Gasteiger partial charge in [-0.3, -0.25) is 13.9 Å². The van der Waals surface area contributed by atoms with Crippen LogP contribution in [0.1, 0.15) is 37.8 Å². The van der Waals surface area contributed by atoms with Crippen molar-refractivity contribution in [1.29, 1.82) is 0 Å². The first kappa shape index (κ1) is 29.0. The van der Waals surface area contributed by atoms with E-state index in [0.717, 1.165) is 34.5 Å². The van der Waals surface area contributed by atoms with Crippen molar-refractivity contribution >= 4 is 27.5 Å². The summed E-state index contributed by atoms with van der Waals surface area (Å²) in [6.45, 7) is 5.80. The zero-order chi connectivity index (χ0) is 26.9. The molecule has 0 radical (unpaired) electrons. The number of methoxy groups -OCH3 is 2. The van der Waals surface area contributed by atoms with Crippen LogP contribution >= 0.6 is 0 Å². The first-order chi connectivity index (χ1) is 17.0. The molecule has 2 aromatic carbocycles. The summed E-state index contributed by atoms with van der Waals surface area (Å²) in [5.74, 6) is -0.0323. The number of nitrogens with zero attached hydrogens (tertiary/aromatic N) is 2. The Labute approximate surface area is 214 Å². The molecule has 0 fully saturated rings. The minimum Gasteiger partial charge on any atom is -0.493 e. The average Bonchev–Trinajstić information content (AvgIpc) is 2.85. The van der Waals surface area contributed by atoms with E-state index in [1.165, 1.54) is 25.2 Å². The summed E-state index contributed by atoms with van der Waals surface area (Å²) in [4.78, 5) is 27.9. The maximum atomic E-state index is 13.6. The van der Waals surface area contributed by atoms with Gasteiger partial charge in [0, 0.05) is 19.2 Å². The Morgan fingerprint density at radius 2 is 1.72 bits per heavy atom. The number of unbranched alkanes of at least 4 members (excludes halogenated alkanes) is 1. The molecule has 10 heteroatoms. The fourth-order valence-electron chi connectivity index (χ4n) is 3.68. The van der Waals surface area contributed by atoms with Gasteiger partial charge >= 0.3 is 0 Å². The molecule has 0 aliphatic carbocycles. The number of sulfonamides is 1. The zero-order valence-electron chi connectivity index (χ0n) is 21.9. The summed E-state index contributed by atoms with van der Waals surface area (Å²) in [7, 11) is -0.924. The molecule has 0 aliphatic heterocycles. The Morgan fingerprint density at radius 1 is 1.06 bits per heavy atom. The smallest absolute Gasteiger partial charge is 0.244 e. The van der Waals surface area contributed by atoms with Crippen LogP contribution in [0, 0.1) is 6.92 Å². The molecule has 2 amide bonds. The van der Waals surface area contributed by atoms with E-state index in [1.54, 1.807) is 19.1 Å². The van der Waals surface area contributed by atoms with Crippen molar-refractivity contribution in [2.45, 2.75) is 46.2 Å². The molecule has 0 saturated heterocycles. The van der Waals surface area contributed by atoms with Crippen LogP contribution in [0.3, 0.4) is 0 Å². The number of amides is 2. The fraction of sp³-hybridized carbons (Fsp3) is 0.462. The lowest BCUT2D eigenvalue weighted by molar-refractivity contribution is -0.139. The van der Waals surface area contributed by atoms with Gasteiger partial charge in [0.05, 0.1) is 26.2 Å². The Hall–Kier alpha value is -3.27. The largest absolute Gasteiger partial charge is 0.493 e. The normalized spacial score (nSPS) is 11.9. The molecule has 0 bridgehead atoms. The number of hydrogen-bond donors (Lipinski definition) is 1. The molecule has 0 aromatic heterocycles. The van der Waals surface area contributed by atoms with Crippen molar-refractivity contribution in [3.63, 3.8) is 0 Å². The van der Waals surface area contributed by atoms with Gasteiger partial charge in [-0.2, -0.15) is 0 Å². The second kappa shape index (κ2) is 13.2. The van der Waals surface area contributed by atoms with Gasteiger partial charge in [0.2, 0.25) is 21.8 Å². The number of anilines is 1. The van der Waals surface area contributed by atoms with Crippen molar-refractivity contribution in [2.75, 3.05) is 37.9 Å². The van der Waals surface area contributed by atoms with Crippen LogP contribution in [-0.4, -0.2) is 64.7 Å². The number of nitrogens with one attached hydrogen (secondary N) is 1. The molecular formula is C26H37N3O6S. The van der Waals surface area contributed by atoms with Crippen molar-refractivity contribution in [1.82, 2.24) is 10.2 Å². The number of benzene rings is 2. The van der Waals surface area contributed by atoms with Gasteiger partial charge in [-0.15, -0.1) is 0 Å². The molecular weight excluding hydrogens is 482 g/mol. The molecule has 2 rings (SSSR count). The van der Waals surface area contributed by atoms with E-state index in [-0.39, 0.29) is 18.1 Å². The second-order valence-corrected chi connectivity index (χ2v) is 10.5. The summed E-state index contributed by atoms with van der Waals surface area (Å²) < 4.78 is 37.0.